The first-order valence-electron chi connectivity index (χ1n) is 5.51. The molecule has 0 N–H and O–H groups in total. The summed E-state index contributed by atoms with van der Waals surface area (Å²) in [6, 6.07) is 14.4. The molecule has 0 aliphatic heterocycles. The van der Waals surface area contributed by atoms with E-state index in [0.29, 0.717) is 0 Å². The van der Waals surface area contributed by atoms with Crippen molar-refractivity contribution in [1.29, 1.82) is 0 Å². The number of hydrogen-bond acceptors (Lipinski definition) is 3. The Morgan fingerprint density at radius 1 is 1.17 bits per heavy atom. The highest BCUT2D eigenvalue weighted by Gasteiger charge is 2.06. The minimum Gasteiger partial charge on any atom is -0.258 e. The summed E-state index contributed by atoms with van der Waals surface area (Å²) < 4.78 is 0. The fourth-order valence-electron chi connectivity index (χ4n) is 1.58. The molecule has 2 rings (SSSR count). The molecule has 0 amide bonds. The Morgan fingerprint density at radius 2 is 1.89 bits per heavy atom. The van der Waals surface area contributed by atoms with Crippen LogP contribution in [-0.4, -0.2) is 11.1 Å². The molecule has 0 aromatic heterocycles. The van der Waals surface area contributed by atoms with Gasteiger partial charge in [0.15, 0.2) is 0 Å². The lowest BCUT2D eigenvalue weighted by molar-refractivity contribution is -0.384. The zero-order valence-corrected chi connectivity index (χ0v) is 9.91. The molecule has 90 valence electrons. The van der Waals surface area contributed by atoms with Crippen molar-refractivity contribution in [1.82, 2.24) is 0 Å². The number of hydrogen-bond donors (Lipinski definition) is 0. The van der Waals surface area contributed by atoms with E-state index in [4.69, 9.17) is 0 Å². The summed E-state index contributed by atoms with van der Waals surface area (Å²) in [4.78, 5) is 14.5. The van der Waals surface area contributed by atoms with Crippen LogP contribution in [0.2, 0.25) is 0 Å². The monoisotopic (exact) mass is 240 g/mol. The number of aliphatic imine (C=N–C) groups is 1. The van der Waals surface area contributed by atoms with Crippen LogP contribution in [-0.2, 0) is 0 Å². The van der Waals surface area contributed by atoms with Crippen molar-refractivity contribution in [2.24, 2.45) is 4.99 Å². The fourth-order valence-corrected chi connectivity index (χ4v) is 1.58. The van der Waals surface area contributed by atoms with Crippen LogP contribution in [0.1, 0.15) is 11.1 Å². The predicted molar refractivity (Wildman–Crippen MR) is 71.5 cm³/mol. The van der Waals surface area contributed by atoms with Gasteiger partial charge in [0.1, 0.15) is 0 Å². The van der Waals surface area contributed by atoms with Crippen LogP contribution in [0.15, 0.2) is 53.5 Å². The molecule has 0 fully saturated rings. The van der Waals surface area contributed by atoms with Crippen LogP contribution in [0.3, 0.4) is 0 Å². The van der Waals surface area contributed by atoms with E-state index in [-0.39, 0.29) is 5.69 Å². The summed E-state index contributed by atoms with van der Waals surface area (Å²) in [6.07, 6.45) is 1.74. The summed E-state index contributed by atoms with van der Waals surface area (Å²) in [7, 11) is 0. The zero-order chi connectivity index (χ0) is 13.0. The summed E-state index contributed by atoms with van der Waals surface area (Å²) in [5.74, 6) is 0. The zero-order valence-electron chi connectivity index (χ0n) is 9.91. The average Bonchev–Trinajstić information content (AvgIpc) is 2.38. The smallest absolute Gasteiger partial charge is 0.258 e. The molecule has 0 heterocycles. The van der Waals surface area contributed by atoms with Gasteiger partial charge in [0, 0.05) is 18.3 Å². The Kier molecular flexibility index (Phi) is 3.48. The van der Waals surface area contributed by atoms with E-state index < -0.39 is 4.92 Å². The first-order valence-corrected chi connectivity index (χ1v) is 5.51. The van der Waals surface area contributed by atoms with Crippen LogP contribution in [0.4, 0.5) is 11.4 Å². The number of rotatable bonds is 3. The van der Waals surface area contributed by atoms with Gasteiger partial charge in [-0.05, 0) is 24.1 Å². The molecule has 2 aromatic carbocycles. The highest BCUT2D eigenvalue weighted by molar-refractivity contribution is 5.82. The van der Waals surface area contributed by atoms with Crippen LogP contribution >= 0.6 is 0 Å². The normalized spacial score (nSPS) is 10.7. The van der Waals surface area contributed by atoms with Crippen molar-refractivity contribution in [3.8, 4) is 0 Å². The van der Waals surface area contributed by atoms with Crippen molar-refractivity contribution in [2.75, 3.05) is 0 Å². The molecule has 2 aromatic rings. The lowest BCUT2D eigenvalue weighted by Crippen LogP contribution is -1.88. The van der Waals surface area contributed by atoms with Gasteiger partial charge >= 0.3 is 0 Å². The van der Waals surface area contributed by atoms with E-state index >= 15 is 0 Å². The highest BCUT2D eigenvalue weighted by atomic mass is 16.6. The van der Waals surface area contributed by atoms with Crippen LogP contribution in [0, 0.1) is 17.0 Å². The van der Waals surface area contributed by atoms with Gasteiger partial charge in [-0.1, -0.05) is 30.3 Å². The molecule has 0 saturated heterocycles. The van der Waals surface area contributed by atoms with Gasteiger partial charge in [-0.25, -0.2) is 0 Å². The molecule has 4 heteroatoms. The molecule has 0 unspecified atom stereocenters. The number of nitro benzene ring substituents is 1. The standard InChI is InChI=1S/C14H12N2O2/c1-11-9-13(16(17)18)7-8-14(11)15-10-12-5-3-2-4-6-12/h2-10H,1H3. The first kappa shape index (κ1) is 12.0. The summed E-state index contributed by atoms with van der Waals surface area (Å²) in [5.41, 5.74) is 2.61. The Labute approximate surface area is 105 Å². The number of non-ortho nitro benzene ring substituents is 1. The summed E-state index contributed by atoms with van der Waals surface area (Å²) in [6.45, 7) is 1.81. The fraction of sp³-hybridized carbons (Fsp3) is 0.0714. The van der Waals surface area contributed by atoms with E-state index in [1.807, 2.05) is 37.3 Å². The third kappa shape index (κ3) is 2.79. The van der Waals surface area contributed by atoms with Gasteiger partial charge in [0.05, 0.1) is 10.6 Å². The highest BCUT2D eigenvalue weighted by Crippen LogP contribution is 2.23. The summed E-state index contributed by atoms with van der Waals surface area (Å²) >= 11 is 0. The van der Waals surface area contributed by atoms with Crippen molar-refractivity contribution in [2.45, 2.75) is 6.92 Å². The maximum atomic E-state index is 10.6. The topological polar surface area (TPSA) is 55.5 Å². The Bertz CT molecular complexity index is 592. The third-order valence-corrected chi connectivity index (χ3v) is 2.54. The minimum atomic E-state index is -0.405. The van der Waals surface area contributed by atoms with Gasteiger partial charge in [-0.15, -0.1) is 0 Å². The molecule has 0 radical (unpaired) electrons. The van der Waals surface area contributed by atoms with Gasteiger partial charge in [-0.3, -0.25) is 15.1 Å². The molecule has 18 heavy (non-hydrogen) atoms. The molecule has 0 atom stereocenters. The van der Waals surface area contributed by atoms with Gasteiger partial charge in [-0.2, -0.15) is 0 Å². The lowest BCUT2D eigenvalue weighted by atomic mass is 10.2. The van der Waals surface area contributed by atoms with Gasteiger partial charge < -0.3 is 0 Å². The van der Waals surface area contributed by atoms with Crippen molar-refractivity contribution >= 4 is 17.6 Å². The van der Waals surface area contributed by atoms with Crippen LogP contribution in [0.5, 0.6) is 0 Å². The van der Waals surface area contributed by atoms with Crippen molar-refractivity contribution in [3.05, 3.63) is 69.8 Å². The largest absolute Gasteiger partial charge is 0.269 e. The molecular formula is C14H12N2O2. The Morgan fingerprint density at radius 3 is 2.50 bits per heavy atom. The molecule has 4 nitrogen and oxygen atoms in total. The average molecular weight is 240 g/mol. The molecule has 0 bridgehead atoms. The van der Waals surface area contributed by atoms with E-state index in [1.54, 1.807) is 12.3 Å². The third-order valence-electron chi connectivity index (χ3n) is 2.54. The minimum absolute atomic E-state index is 0.0890. The number of benzene rings is 2. The van der Waals surface area contributed by atoms with Crippen molar-refractivity contribution < 1.29 is 4.92 Å². The van der Waals surface area contributed by atoms with Gasteiger partial charge in [0.2, 0.25) is 0 Å². The molecule has 0 aliphatic rings. The van der Waals surface area contributed by atoms with Gasteiger partial charge in [0.25, 0.3) is 5.69 Å². The molecule has 0 saturated carbocycles. The van der Waals surface area contributed by atoms with Crippen LogP contribution < -0.4 is 0 Å². The second-order valence-electron chi connectivity index (χ2n) is 3.90. The van der Waals surface area contributed by atoms with Crippen molar-refractivity contribution in [3.63, 3.8) is 0 Å². The van der Waals surface area contributed by atoms with E-state index in [2.05, 4.69) is 4.99 Å². The second-order valence-corrected chi connectivity index (χ2v) is 3.90. The SMILES string of the molecule is Cc1cc([N+](=O)[O-])ccc1N=Cc1ccccc1. The molecule has 0 aliphatic carbocycles. The summed E-state index contributed by atoms with van der Waals surface area (Å²) in [5, 5.41) is 10.6. The quantitative estimate of drug-likeness (QED) is 0.467. The maximum absolute atomic E-state index is 10.6. The van der Waals surface area contributed by atoms with Crippen LogP contribution in [0.25, 0.3) is 0 Å². The number of nitro groups is 1. The van der Waals surface area contributed by atoms with E-state index in [0.717, 1.165) is 16.8 Å². The van der Waals surface area contributed by atoms with E-state index in [1.165, 1.54) is 12.1 Å². The maximum Gasteiger partial charge on any atom is 0.269 e. The molecular weight excluding hydrogens is 228 g/mol. The Balaban J connectivity index is 2.25. The predicted octanol–water partition coefficient (Wildman–Crippen LogP) is 3.65. The second kappa shape index (κ2) is 5.23. The molecule has 0 spiro atoms. The number of nitrogens with zero attached hydrogens (tertiary/aromatic N) is 2. The Hall–Kier alpha value is -2.49. The van der Waals surface area contributed by atoms with E-state index in [9.17, 15) is 10.1 Å². The lowest BCUT2D eigenvalue weighted by Gasteiger charge is -1.99. The first-order chi connectivity index (χ1) is 8.66. The number of aryl methyl sites for hydroxylation is 1.